The third kappa shape index (κ3) is 3.01. The Labute approximate surface area is 102 Å². The number of carbonyl (C=O) groups excluding carboxylic acids is 1. The van der Waals surface area contributed by atoms with Gasteiger partial charge in [-0.1, -0.05) is 6.07 Å². The van der Waals surface area contributed by atoms with Gasteiger partial charge in [0, 0.05) is 11.8 Å². The number of nitrogens with zero attached hydrogens (tertiary/aromatic N) is 1. The molecule has 1 heterocycles. The van der Waals surface area contributed by atoms with E-state index in [9.17, 15) is 9.90 Å². The molecule has 0 fully saturated rings. The quantitative estimate of drug-likeness (QED) is 0.631. The highest BCUT2D eigenvalue weighted by atomic mass is 79.9. The SMILES string of the molecule is CCOC(=O)[C@H](N)[C@H](O)c1cccnc1Br. The number of aromatic nitrogens is 1. The molecule has 1 rings (SSSR count). The third-order valence-electron chi connectivity index (χ3n) is 2.01. The van der Waals surface area contributed by atoms with Crippen LogP contribution in [0.1, 0.15) is 18.6 Å². The molecular formula is C10H13BrN2O3. The molecular weight excluding hydrogens is 276 g/mol. The third-order valence-corrected chi connectivity index (χ3v) is 2.67. The maximum atomic E-state index is 11.3. The Hall–Kier alpha value is -0.980. The molecule has 0 aliphatic rings. The average molecular weight is 289 g/mol. The second kappa shape index (κ2) is 5.93. The number of aliphatic hydroxyl groups excluding tert-OH is 1. The average Bonchev–Trinajstić information content (AvgIpc) is 2.28. The summed E-state index contributed by atoms with van der Waals surface area (Å²) in [5.74, 6) is -0.634. The van der Waals surface area contributed by atoms with Crippen LogP contribution in [-0.2, 0) is 9.53 Å². The molecule has 2 atom stereocenters. The van der Waals surface area contributed by atoms with E-state index in [0.717, 1.165) is 0 Å². The number of hydrogen-bond acceptors (Lipinski definition) is 5. The molecule has 0 bridgehead atoms. The lowest BCUT2D eigenvalue weighted by Gasteiger charge is -2.18. The summed E-state index contributed by atoms with van der Waals surface area (Å²) in [5.41, 5.74) is 6.04. The van der Waals surface area contributed by atoms with Gasteiger partial charge in [-0.15, -0.1) is 0 Å². The predicted octanol–water partition coefficient (Wildman–Crippen LogP) is 0.768. The van der Waals surface area contributed by atoms with Gasteiger partial charge in [-0.05, 0) is 28.9 Å². The van der Waals surface area contributed by atoms with Crippen molar-refractivity contribution in [2.45, 2.75) is 19.1 Å². The van der Waals surface area contributed by atoms with E-state index in [2.05, 4.69) is 20.9 Å². The summed E-state index contributed by atoms with van der Waals surface area (Å²) in [5, 5.41) is 9.87. The van der Waals surface area contributed by atoms with Crippen LogP contribution in [-0.4, -0.2) is 28.7 Å². The molecule has 6 heteroatoms. The van der Waals surface area contributed by atoms with Gasteiger partial charge >= 0.3 is 5.97 Å². The van der Waals surface area contributed by atoms with Crippen molar-refractivity contribution >= 4 is 21.9 Å². The minimum absolute atomic E-state index is 0.230. The first-order chi connectivity index (χ1) is 7.57. The Kier molecular flexibility index (Phi) is 4.85. The predicted molar refractivity (Wildman–Crippen MR) is 61.5 cm³/mol. The molecule has 0 saturated carbocycles. The fraction of sp³-hybridized carbons (Fsp3) is 0.400. The van der Waals surface area contributed by atoms with E-state index in [1.807, 2.05) is 0 Å². The van der Waals surface area contributed by atoms with E-state index < -0.39 is 18.1 Å². The molecule has 0 amide bonds. The Morgan fingerprint density at radius 2 is 2.44 bits per heavy atom. The van der Waals surface area contributed by atoms with Crippen LogP contribution in [0.3, 0.4) is 0 Å². The molecule has 16 heavy (non-hydrogen) atoms. The van der Waals surface area contributed by atoms with Crippen molar-refractivity contribution in [2.75, 3.05) is 6.61 Å². The largest absolute Gasteiger partial charge is 0.465 e. The van der Waals surface area contributed by atoms with Crippen molar-refractivity contribution in [3.05, 3.63) is 28.5 Å². The molecule has 5 nitrogen and oxygen atoms in total. The van der Waals surface area contributed by atoms with E-state index in [1.165, 1.54) is 0 Å². The number of nitrogens with two attached hydrogens (primary N) is 1. The Morgan fingerprint density at radius 1 is 1.75 bits per heavy atom. The zero-order valence-electron chi connectivity index (χ0n) is 8.76. The lowest BCUT2D eigenvalue weighted by molar-refractivity contribution is -0.147. The van der Waals surface area contributed by atoms with Crippen LogP contribution in [0.15, 0.2) is 22.9 Å². The number of rotatable bonds is 4. The summed E-state index contributed by atoms with van der Waals surface area (Å²) in [4.78, 5) is 15.3. The van der Waals surface area contributed by atoms with E-state index in [-0.39, 0.29) is 6.61 Å². The molecule has 0 radical (unpaired) electrons. The highest BCUT2D eigenvalue weighted by Gasteiger charge is 2.26. The molecule has 3 N–H and O–H groups in total. The maximum Gasteiger partial charge on any atom is 0.325 e. The molecule has 0 aromatic carbocycles. The van der Waals surface area contributed by atoms with Crippen LogP contribution < -0.4 is 5.73 Å². The van der Waals surface area contributed by atoms with Gasteiger partial charge in [0.2, 0.25) is 0 Å². The fourth-order valence-electron chi connectivity index (χ4n) is 1.18. The summed E-state index contributed by atoms with van der Waals surface area (Å²) in [6, 6.07) is 2.18. The van der Waals surface area contributed by atoms with Crippen LogP contribution >= 0.6 is 15.9 Å². The Bertz CT molecular complexity index is 373. The summed E-state index contributed by atoms with van der Waals surface area (Å²) in [6.45, 7) is 1.91. The first-order valence-corrected chi connectivity index (χ1v) is 5.58. The van der Waals surface area contributed by atoms with Crippen molar-refractivity contribution in [3.63, 3.8) is 0 Å². The van der Waals surface area contributed by atoms with Crippen LogP contribution in [0.5, 0.6) is 0 Å². The summed E-state index contributed by atoms with van der Waals surface area (Å²) < 4.78 is 5.19. The van der Waals surface area contributed by atoms with Crippen molar-refractivity contribution < 1.29 is 14.6 Å². The van der Waals surface area contributed by atoms with Crippen molar-refractivity contribution in [3.8, 4) is 0 Å². The van der Waals surface area contributed by atoms with Crippen molar-refractivity contribution in [2.24, 2.45) is 5.73 Å². The topological polar surface area (TPSA) is 85.4 Å². The Morgan fingerprint density at radius 3 is 3.00 bits per heavy atom. The van der Waals surface area contributed by atoms with Gasteiger partial charge in [0.1, 0.15) is 16.7 Å². The minimum atomic E-state index is -1.14. The first-order valence-electron chi connectivity index (χ1n) is 4.78. The molecule has 1 aromatic rings. The van der Waals surface area contributed by atoms with Crippen LogP contribution in [0, 0.1) is 0 Å². The van der Waals surface area contributed by atoms with Crippen LogP contribution in [0.25, 0.3) is 0 Å². The van der Waals surface area contributed by atoms with Crippen molar-refractivity contribution in [1.29, 1.82) is 0 Å². The van der Waals surface area contributed by atoms with E-state index in [4.69, 9.17) is 10.5 Å². The van der Waals surface area contributed by atoms with Gasteiger partial charge in [0.15, 0.2) is 0 Å². The zero-order valence-corrected chi connectivity index (χ0v) is 10.3. The van der Waals surface area contributed by atoms with Crippen molar-refractivity contribution in [1.82, 2.24) is 4.98 Å². The summed E-state index contributed by atoms with van der Waals surface area (Å²) >= 11 is 3.17. The van der Waals surface area contributed by atoms with E-state index in [0.29, 0.717) is 10.2 Å². The van der Waals surface area contributed by atoms with Gasteiger partial charge in [-0.25, -0.2) is 4.98 Å². The standard InChI is InChI=1S/C10H13BrN2O3/c1-2-16-10(15)7(12)8(14)6-4-3-5-13-9(6)11/h3-5,7-8,14H,2,12H2,1H3/t7-,8-/m1/s1. The molecule has 1 aromatic heterocycles. The highest BCUT2D eigenvalue weighted by molar-refractivity contribution is 9.10. The number of carbonyl (C=O) groups is 1. The highest BCUT2D eigenvalue weighted by Crippen LogP contribution is 2.23. The van der Waals surface area contributed by atoms with Crippen LogP contribution in [0.4, 0.5) is 0 Å². The lowest BCUT2D eigenvalue weighted by Crippen LogP contribution is -2.38. The maximum absolute atomic E-state index is 11.3. The summed E-state index contributed by atoms with van der Waals surface area (Å²) in [7, 11) is 0. The number of hydrogen-bond donors (Lipinski definition) is 2. The van der Waals surface area contributed by atoms with E-state index >= 15 is 0 Å². The number of halogens is 1. The molecule has 0 unspecified atom stereocenters. The lowest BCUT2D eigenvalue weighted by atomic mass is 10.1. The smallest absolute Gasteiger partial charge is 0.325 e. The summed E-state index contributed by atoms with van der Waals surface area (Å²) in [6.07, 6.45) is 0.429. The molecule has 0 spiro atoms. The molecule has 0 aliphatic carbocycles. The minimum Gasteiger partial charge on any atom is -0.465 e. The van der Waals surface area contributed by atoms with Gasteiger partial charge in [0.25, 0.3) is 0 Å². The van der Waals surface area contributed by atoms with Gasteiger partial charge in [-0.3, -0.25) is 4.79 Å². The Balaban J connectivity index is 2.82. The van der Waals surface area contributed by atoms with Gasteiger partial charge in [0.05, 0.1) is 6.61 Å². The molecule has 0 aliphatic heterocycles. The molecule has 88 valence electrons. The number of ether oxygens (including phenoxy) is 1. The number of aliphatic hydroxyl groups is 1. The monoisotopic (exact) mass is 288 g/mol. The molecule has 0 saturated heterocycles. The van der Waals surface area contributed by atoms with Crippen LogP contribution in [0.2, 0.25) is 0 Å². The van der Waals surface area contributed by atoms with Gasteiger partial charge in [-0.2, -0.15) is 0 Å². The second-order valence-corrected chi connectivity index (χ2v) is 3.86. The second-order valence-electron chi connectivity index (χ2n) is 3.11. The number of pyridine rings is 1. The zero-order chi connectivity index (χ0) is 12.1. The van der Waals surface area contributed by atoms with E-state index in [1.54, 1.807) is 25.3 Å². The number of esters is 1. The first kappa shape index (κ1) is 13.1. The van der Waals surface area contributed by atoms with Gasteiger partial charge < -0.3 is 15.6 Å². The normalized spacial score (nSPS) is 14.2. The fourth-order valence-corrected chi connectivity index (χ4v) is 1.66.